The Kier molecular flexibility index (Phi) is 2.63. The van der Waals surface area contributed by atoms with Crippen molar-refractivity contribution in [3.63, 3.8) is 0 Å². The summed E-state index contributed by atoms with van der Waals surface area (Å²) >= 11 is 0. The maximum absolute atomic E-state index is 10.0. The third kappa shape index (κ3) is 2.20. The molecule has 0 saturated heterocycles. The molecule has 0 amide bonds. The topological polar surface area (TPSA) is 38.0 Å². The standard InChI is InChI=1S/C14H18N2O/c1-16-14-5-3-2-4-12(14)13(15-16)9-11(17)8-10-6-7-10/h2-5,10-11,17H,6-9H2,1H3. The third-order valence-electron chi connectivity index (χ3n) is 3.57. The first kappa shape index (κ1) is 10.8. The maximum atomic E-state index is 10.0. The number of benzene rings is 1. The molecule has 3 nitrogen and oxygen atoms in total. The number of nitrogens with zero attached hydrogens (tertiary/aromatic N) is 2. The van der Waals surface area contributed by atoms with E-state index in [1.807, 2.05) is 23.9 Å². The maximum Gasteiger partial charge on any atom is 0.0728 e. The van der Waals surface area contributed by atoms with E-state index >= 15 is 0 Å². The zero-order valence-electron chi connectivity index (χ0n) is 10.1. The van der Waals surface area contributed by atoms with E-state index in [9.17, 15) is 5.11 Å². The summed E-state index contributed by atoms with van der Waals surface area (Å²) in [5, 5.41) is 15.7. The highest BCUT2D eigenvalue weighted by Gasteiger charge is 2.25. The van der Waals surface area contributed by atoms with Gasteiger partial charge in [0.15, 0.2) is 0 Å². The van der Waals surface area contributed by atoms with Gasteiger partial charge in [-0.15, -0.1) is 0 Å². The van der Waals surface area contributed by atoms with Crippen molar-refractivity contribution in [2.75, 3.05) is 0 Å². The van der Waals surface area contributed by atoms with Crippen LogP contribution in [0.3, 0.4) is 0 Å². The second kappa shape index (κ2) is 4.15. The van der Waals surface area contributed by atoms with Crippen LogP contribution >= 0.6 is 0 Å². The van der Waals surface area contributed by atoms with Gasteiger partial charge in [-0.1, -0.05) is 31.0 Å². The Hall–Kier alpha value is -1.35. The van der Waals surface area contributed by atoms with Gasteiger partial charge < -0.3 is 5.11 Å². The molecule has 0 spiro atoms. The quantitative estimate of drug-likeness (QED) is 0.875. The SMILES string of the molecule is Cn1nc(CC(O)CC2CC2)c2ccccc21. The third-order valence-corrected chi connectivity index (χ3v) is 3.57. The van der Waals surface area contributed by atoms with Gasteiger partial charge in [-0.2, -0.15) is 5.10 Å². The molecular weight excluding hydrogens is 212 g/mol. The van der Waals surface area contributed by atoms with E-state index < -0.39 is 0 Å². The summed E-state index contributed by atoms with van der Waals surface area (Å²) in [7, 11) is 1.96. The fraction of sp³-hybridized carbons (Fsp3) is 0.500. The minimum absolute atomic E-state index is 0.235. The number of aliphatic hydroxyl groups excluding tert-OH is 1. The Bertz CT molecular complexity index is 528. The van der Waals surface area contributed by atoms with Gasteiger partial charge in [0.1, 0.15) is 0 Å². The first-order valence-electron chi connectivity index (χ1n) is 6.32. The summed E-state index contributed by atoms with van der Waals surface area (Å²) in [6.45, 7) is 0. The molecule has 3 heteroatoms. The number of aromatic nitrogens is 2. The fourth-order valence-electron chi connectivity index (χ4n) is 2.48. The van der Waals surface area contributed by atoms with E-state index in [-0.39, 0.29) is 6.10 Å². The summed E-state index contributed by atoms with van der Waals surface area (Å²) in [4.78, 5) is 0. The molecule has 17 heavy (non-hydrogen) atoms. The Morgan fingerprint density at radius 3 is 2.94 bits per heavy atom. The van der Waals surface area contributed by atoms with Gasteiger partial charge in [-0.25, -0.2) is 0 Å². The summed E-state index contributed by atoms with van der Waals surface area (Å²) in [6.07, 6.45) is 3.96. The number of aryl methyl sites for hydroxylation is 1. The molecule has 2 aromatic rings. The van der Waals surface area contributed by atoms with Crippen molar-refractivity contribution in [3.05, 3.63) is 30.0 Å². The Morgan fingerprint density at radius 2 is 2.18 bits per heavy atom. The number of hydrogen-bond acceptors (Lipinski definition) is 2. The molecule has 1 heterocycles. The molecule has 1 aliphatic rings. The molecule has 0 radical (unpaired) electrons. The Balaban J connectivity index is 1.83. The lowest BCUT2D eigenvalue weighted by Gasteiger charge is -2.07. The molecule has 1 aromatic carbocycles. The highest BCUT2D eigenvalue weighted by molar-refractivity contribution is 5.81. The molecule has 1 fully saturated rings. The first-order chi connectivity index (χ1) is 8.24. The summed E-state index contributed by atoms with van der Waals surface area (Å²) in [5.74, 6) is 0.764. The predicted octanol–water partition coefficient (Wildman–Crippen LogP) is 2.28. The second-order valence-corrected chi connectivity index (χ2v) is 5.12. The van der Waals surface area contributed by atoms with Gasteiger partial charge in [0, 0.05) is 18.9 Å². The van der Waals surface area contributed by atoms with Gasteiger partial charge in [-0.3, -0.25) is 4.68 Å². The minimum Gasteiger partial charge on any atom is -0.393 e. The molecule has 90 valence electrons. The number of fused-ring (bicyclic) bond motifs is 1. The van der Waals surface area contributed by atoms with E-state index in [0.717, 1.165) is 23.5 Å². The zero-order chi connectivity index (χ0) is 11.8. The molecule has 1 aromatic heterocycles. The molecule has 0 aliphatic heterocycles. The van der Waals surface area contributed by atoms with Crippen LogP contribution in [0.1, 0.15) is 25.0 Å². The highest BCUT2D eigenvalue weighted by Crippen LogP contribution is 2.34. The Labute approximate surface area is 101 Å². The van der Waals surface area contributed by atoms with E-state index in [1.165, 1.54) is 18.2 Å². The largest absolute Gasteiger partial charge is 0.393 e. The van der Waals surface area contributed by atoms with E-state index in [0.29, 0.717) is 6.42 Å². The van der Waals surface area contributed by atoms with Crippen molar-refractivity contribution >= 4 is 10.9 Å². The lowest BCUT2D eigenvalue weighted by Crippen LogP contribution is -2.12. The molecule has 1 atom stereocenters. The van der Waals surface area contributed by atoms with Crippen molar-refractivity contribution in [2.24, 2.45) is 13.0 Å². The van der Waals surface area contributed by atoms with Crippen LogP contribution in [0.15, 0.2) is 24.3 Å². The van der Waals surface area contributed by atoms with Gasteiger partial charge in [-0.05, 0) is 18.4 Å². The van der Waals surface area contributed by atoms with Crippen LogP contribution in [0.5, 0.6) is 0 Å². The smallest absolute Gasteiger partial charge is 0.0728 e. The number of para-hydroxylation sites is 1. The van der Waals surface area contributed by atoms with Gasteiger partial charge in [0.05, 0.1) is 17.3 Å². The van der Waals surface area contributed by atoms with Crippen LogP contribution in [-0.2, 0) is 13.5 Å². The number of rotatable bonds is 4. The molecular formula is C14H18N2O. The van der Waals surface area contributed by atoms with Crippen molar-refractivity contribution in [2.45, 2.75) is 31.8 Å². The lowest BCUT2D eigenvalue weighted by atomic mass is 10.1. The molecule has 1 saturated carbocycles. The second-order valence-electron chi connectivity index (χ2n) is 5.12. The lowest BCUT2D eigenvalue weighted by molar-refractivity contribution is 0.157. The summed E-state index contributed by atoms with van der Waals surface area (Å²) in [6, 6.07) is 8.20. The van der Waals surface area contributed by atoms with Crippen molar-refractivity contribution in [1.82, 2.24) is 9.78 Å². The van der Waals surface area contributed by atoms with E-state index in [4.69, 9.17) is 0 Å². The van der Waals surface area contributed by atoms with Crippen LogP contribution in [0, 0.1) is 5.92 Å². The van der Waals surface area contributed by atoms with Crippen molar-refractivity contribution in [1.29, 1.82) is 0 Å². The zero-order valence-corrected chi connectivity index (χ0v) is 10.1. The van der Waals surface area contributed by atoms with Crippen LogP contribution in [0.2, 0.25) is 0 Å². The van der Waals surface area contributed by atoms with Crippen molar-refractivity contribution in [3.8, 4) is 0 Å². The van der Waals surface area contributed by atoms with Crippen LogP contribution in [0.25, 0.3) is 10.9 Å². The molecule has 1 unspecified atom stereocenters. The number of aliphatic hydroxyl groups is 1. The van der Waals surface area contributed by atoms with Crippen LogP contribution in [-0.4, -0.2) is 21.0 Å². The summed E-state index contributed by atoms with van der Waals surface area (Å²) < 4.78 is 1.90. The van der Waals surface area contributed by atoms with Crippen LogP contribution < -0.4 is 0 Å². The van der Waals surface area contributed by atoms with E-state index in [2.05, 4.69) is 17.2 Å². The average Bonchev–Trinajstić information content (AvgIpc) is 3.06. The van der Waals surface area contributed by atoms with Gasteiger partial charge >= 0.3 is 0 Å². The van der Waals surface area contributed by atoms with E-state index in [1.54, 1.807) is 0 Å². The van der Waals surface area contributed by atoms with Gasteiger partial charge in [0.25, 0.3) is 0 Å². The molecule has 0 bridgehead atoms. The predicted molar refractivity (Wildman–Crippen MR) is 67.8 cm³/mol. The van der Waals surface area contributed by atoms with Gasteiger partial charge in [0.2, 0.25) is 0 Å². The fourth-order valence-corrected chi connectivity index (χ4v) is 2.48. The molecule has 3 rings (SSSR count). The van der Waals surface area contributed by atoms with Crippen molar-refractivity contribution < 1.29 is 5.11 Å². The summed E-state index contributed by atoms with van der Waals surface area (Å²) in [5.41, 5.74) is 2.16. The monoisotopic (exact) mass is 230 g/mol. The molecule has 1 N–H and O–H groups in total. The minimum atomic E-state index is -0.235. The van der Waals surface area contributed by atoms with Crippen LogP contribution in [0.4, 0.5) is 0 Å². The highest BCUT2D eigenvalue weighted by atomic mass is 16.3. The average molecular weight is 230 g/mol. The normalized spacial score (nSPS) is 17.5. The number of hydrogen-bond donors (Lipinski definition) is 1. The molecule has 1 aliphatic carbocycles. The first-order valence-corrected chi connectivity index (χ1v) is 6.32. The Morgan fingerprint density at radius 1 is 1.41 bits per heavy atom.